The number of amides is 1. The highest BCUT2D eigenvalue weighted by molar-refractivity contribution is 5.79. The summed E-state index contributed by atoms with van der Waals surface area (Å²) in [4.78, 5) is 12.5. The van der Waals surface area contributed by atoms with E-state index in [1.54, 1.807) is 32.0 Å². The van der Waals surface area contributed by atoms with E-state index in [9.17, 15) is 13.6 Å². The molecular weight excluding hydrogens is 354 g/mol. The summed E-state index contributed by atoms with van der Waals surface area (Å²) in [7, 11) is 0. The van der Waals surface area contributed by atoms with E-state index in [-0.39, 0.29) is 24.0 Å². The zero-order valence-electron chi connectivity index (χ0n) is 15.3. The fourth-order valence-corrected chi connectivity index (χ4v) is 2.66. The maximum Gasteiger partial charge on any atom is 0.387 e. The number of halogens is 2. The molecule has 0 bridgehead atoms. The van der Waals surface area contributed by atoms with Gasteiger partial charge in [-0.2, -0.15) is 8.78 Å². The van der Waals surface area contributed by atoms with Crippen LogP contribution in [-0.4, -0.2) is 19.1 Å². The van der Waals surface area contributed by atoms with Crippen LogP contribution in [0.25, 0.3) is 0 Å². The number of hydrogen-bond acceptors (Lipinski definition) is 4. The summed E-state index contributed by atoms with van der Waals surface area (Å²) in [6, 6.07) is 13.6. The van der Waals surface area contributed by atoms with Crippen molar-refractivity contribution in [3.05, 3.63) is 59.7 Å². The van der Waals surface area contributed by atoms with Gasteiger partial charge in [-0.25, -0.2) is 0 Å². The fourth-order valence-electron chi connectivity index (χ4n) is 2.66. The maximum absolute atomic E-state index is 12.8. The number of nitrogens with two attached hydrogens (primary N) is 1. The summed E-state index contributed by atoms with van der Waals surface area (Å²) < 4.78 is 35.5. The molecule has 0 saturated carbocycles. The average molecular weight is 378 g/mol. The zero-order chi connectivity index (χ0) is 19.8. The molecule has 0 aliphatic carbocycles. The first-order chi connectivity index (χ1) is 12.9. The maximum atomic E-state index is 12.8. The molecule has 0 aromatic heterocycles. The molecule has 7 heteroatoms. The Morgan fingerprint density at radius 3 is 2.48 bits per heavy atom. The zero-order valence-corrected chi connectivity index (χ0v) is 15.3. The largest absolute Gasteiger partial charge is 0.490 e. The van der Waals surface area contributed by atoms with Gasteiger partial charge in [0.15, 0.2) is 11.5 Å². The van der Waals surface area contributed by atoms with E-state index in [2.05, 4.69) is 10.1 Å². The standard InChI is InChI=1S/C20H24F2N2O3/c1-3-26-16-11-7-10-15(18(16)27-20(21)22)12-24-19(25)13(2)17(23)14-8-5-4-6-9-14/h4-11,13,17,20H,3,12,23H2,1-2H3,(H,24,25). The van der Waals surface area contributed by atoms with Crippen LogP contribution in [0.15, 0.2) is 48.5 Å². The fraction of sp³-hybridized carbons (Fsp3) is 0.350. The van der Waals surface area contributed by atoms with E-state index in [1.807, 2.05) is 30.3 Å². The Morgan fingerprint density at radius 1 is 1.15 bits per heavy atom. The van der Waals surface area contributed by atoms with Gasteiger partial charge in [0.1, 0.15) is 0 Å². The number of benzene rings is 2. The molecule has 2 aromatic rings. The Labute approximate surface area is 157 Å². The van der Waals surface area contributed by atoms with Crippen molar-refractivity contribution in [1.29, 1.82) is 0 Å². The summed E-state index contributed by atoms with van der Waals surface area (Å²) in [5, 5.41) is 2.73. The molecule has 2 aromatic carbocycles. The predicted molar refractivity (Wildman–Crippen MR) is 98.6 cm³/mol. The van der Waals surface area contributed by atoms with Gasteiger partial charge in [-0.1, -0.05) is 49.4 Å². The van der Waals surface area contributed by atoms with Gasteiger partial charge in [-0.3, -0.25) is 4.79 Å². The van der Waals surface area contributed by atoms with E-state index < -0.39 is 18.6 Å². The van der Waals surface area contributed by atoms with Crippen LogP contribution < -0.4 is 20.5 Å². The van der Waals surface area contributed by atoms with Gasteiger partial charge in [-0.05, 0) is 18.6 Å². The van der Waals surface area contributed by atoms with Gasteiger partial charge in [0, 0.05) is 18.2 Å². The van der Waals surface area contributed by atoms with Gasteiger partial charge in [0.25, 0.3) is 0 Å². The molecule has 0 aliphatic heterocycles. The Balaban J connectivity index is 2.08. The van der Waals surface area contributed by atoms with Crippen LogP contribution in [0, 0.1) is 5.92 Å². The highest BCUT2D eigenvalue weighted by Gasteiger charge is 2.23. The molecule has 3 N–H and O–H groups in total. The molecule has 1 amide bonds. The van der Waals surface area contributed by atoms with Gasteiger partial charge in [-0.15, -0.1) is 0 Å². The molecular formula is C20H24F2N2O3. The highest BCUT2D eigenvalue weighted by Crippen LogP contribution is 2.33. The lowest BCUT2D eigenvalue weighted by Gasteiger charge is -2.21. The van der Waals surface area contributed by atoms with E-state index in [1.165, 1.54) is 0 Å². The minimum atomic E-state index is -2.99. The highest BCUT2D eigenvalue weighted by atomic mass is 19.3. The van der Waals surface area contributed by atoms with Crippen molar-refractivity contribution < 1.29 is 23.0 Å². The first kappa shape index (κ1) is 20.6. The van der Waals surface area contributed by atoms with Crippen molar-refractivity contribution in [3.63, 3.8) is 0 Å². The average Bonchev–Trinajstić information content (AvgIpc) is 2.67. The SMILES string of the molecule is CCOc1cccc(CNC(=O)C(C)C(N)c2ccccc2)c1OC(F)F. The molecule has 0 saturated heterocycles. The molecule has 0 spiro atoms. The van der Waals surface area contributed by atoms with Crippen LogP contribution in [0.5, 0.6) is 11.5 Å². The van der Waals surface area contributed by atoms with E-state index in [4.69, 9.17) is 10.5 Å². The van der Waals surface area contributed by atoms with Crippen LogP contribution in [-0.2, 0) is 11.3 Å². The van der Waals surface area contributed by atoms with E-state index in [0.717, 1.165) is 5.56 Å². The lowest BCUT2D eigenvalue weighted by atomic mass is 9.94. The molecule has 2 atom stereocenters. The monoisotopic (exact) mass is 378 g/mol. The van der Waals surface area contributed by atoms with Crippen LogP contribution in [0.1, 0.15) is 31.0 Å². The van der Waals surface area contributed by atoms with Crippen molar-refractivity contribution in [2.24, 2.45) is 11.7 Å². The quantitative estimate of drug-likeness (QED) is 0.699. The molecule has 5 nitrogen and oxygen atoms in total. The Bertz CT molecular complexity index is 741. The van der Waals surface area contributed by atoms with E-state index >= 15 is 0 Å². The number of rotatable bonds is 9. The number of hydrogen-bond donors (Lipinski definition) is 2. The van der Waals surface area contributed by atoms with Crippen molar-refractivity contribution in [2.75, 3.05) is 6.61 Å². The summed E-state index contributed by atoms with van der Waals surface area (Å²) in [6.07, 6.45) is 0. The lowest BCUT2D eigenvalue weighted by Crippen LogP contribution is -2.35. The molecule has 27 heavy (non-hydrogen) atoms. The van der Waals surface area contributed by atoms with Crippen LogP contribution >= 0.6 is 0 Å². The number of para-hydroxylation sites is 1. The molecule has 146 valence electrons. The molecule has 2 rings (SSSR count). The van der Waals surface area contributed by atoms with Gasteiger partial charge < -0.3 is 20.5 Å². The number of nitrogens with one attached hydrogen (secondary N) is 1. The van der Waals surface area contributed by atoms with Crippen LogP contribution in [0.3, 0.4) is 0 Å². The third-order valence-corrected chi connectivity index (χ3v) is 4.16. The smallest absolute Gasteiger partial charge is 0.387 e. The molecule has 0 heterocycles. The second-order valence-electron chi connectivity index (χ2n) is 6.00. The van der Waals surface area contributed by atoms with Crippen molar-refractivity contribution >= 4 is 5.91 Å². The number of ether oxygens (including phenoxy) is 2. The Hall–Kier alpha value is -2.67. The third-order valence-electron chi connectivity index (χ3n) is 4.16. The summed E-state index contributed by atoms with van der Waals surface area (Å²) in [5.41, 5.74) is 7.41. The van der Waals surface area contributed by atoms with Crippen LogP contribution in [0.4, 0.5) is 8.78 Å². The molecule has 2 unspecified atom stereocenters. The third kappa shape index (κ3) is 5.65. The van der Waals surface area contributed by atoms with Crippen molar-refractivity contribution in [2.45, 2.75) is 33.0 Å². The van der Waals surface area contributed by atoms with Gasteiger partial charge >= 0.3 is 6.61 Å². The number of carbonyl (C=O) groups excluding carboxylic acids is 1. The van der Waals surface area contributed by atoms with E-state index in [0.29, 0.717) is 12.2 Å². The van der Waals surface area contributed by atoms with Crippen molar-refractivity contribution in [3.8, 4) is 11.5 Å². The van der Waals surface area contributed by atoms with Crippen LogP contribution in [0.2, 0.25) is 0 Å². The minimum Gasteiger partial charge on any atom is -0.490 e. The van der Waals surface area contributed by atoms with Crippen molar-refractivity contribution in [1.82, 2.24) is 5.32 Å². The summed E-state index contributed by atoms with van der Waals surface area (Å²) in [5.74, 6) is -0.647. The topological polar surface area (TPSA) is 73.6 Å². The summed E-state index contributed by atoms with van der Waals surface area (Å²) in [6.45, 7) is 0.797. The predicted octanol–water partition coefficient (Wildman–Crippen LogP) is 3.64. The second kappa shape index (κ2) is 9.87. The van der Waals surface area contributed by atoms with Gasteiger partial charge in [0.05, 0.1) is 12.5 Å². The Kier molecular flexibility index (Phi) is 7.55. The molecule has 0 fully saturated rings. The minimum absolute atomic E-state index is 0.0215. The Morgan fingerprint density at radius 2 is 1.85 bits per heavy atom. The molecule has 0 aliphatic rings. The summed E-state index contributed by atoms with van der Waals surface area (Å²) >= 11 is 0. The first-order valence-corrected chi connectivity index (χ1v) is 8.71. The lowest BCUT2D eigenvalue weighted by molar-refractivity contribution is -0.125. The molecule has 0 radical (unpaired) electrons. The van der Waals surface area contributed by atoms with Gasteiger partial charge in [0.2, 0.25) is 5.91 Å². The second-order valence-corrected chi connectivity index (χ2v) is 6.00. The first-order valence-electron chi connectivity index (χ1n) is 8.71. The number of carbonyl (C=O) groups is 1. The number of alkyl halides is 2. The normalized spacial score (nSPS) is 13.1.